The summed E-state index contributed by atoms with van der Waals surface area (Å²) >= 11 is 9.23. The van der Waals surface area contributed by atoms with E-state index in [1.54, 1.807) is 23.9 Å². The predicted molar refractivity (Wildman–Crippen MR) is 274 cm³/mol. The molecule has 0 spiro atoms. The van der Waals surface area contributed by atoms with Crippen LogP contribution in [0, 0.1) is 0 Å². The summed E-state index contributed by atoms with van der Waals surface area (Å²) < 4.78 is 4.87. The number of ether oxygens (including phenoxy) is 1. The van der Waals surface area contributed by atoms with Gasteiger partial charge in [0.2, 0.25) is 32.3 Å². The summed E-state index contributed by atoms with van der Waals surface area (Å²) in [6.07, 6.45) is 4.05. The molecule has 8 rings (SSSR count). The molecule has 0 bridgehead atoms. The van der Waals surface area contributed by atoms with Crippen molar-refractivity contribution < 1.29 is 29.3 Å². The molecule has 0 radical (unpaired) electrons. The monoisotopic (exact) mass is 1040 g/mol. The summed E-state index contributed by atoms with van der Waals surface area (Å²) in [5, 5.41) is 62.0. The van der Waals surface area contributed by atoms with Crippen molar-refractivity contribution in [3.63, 3.8) is 0 Å². The number of benzene rings is 3. The maximum atomic E-state index is 12.4. The summed E-state index contributed by atoms with van der Waals surface area (Å²) in [6.45, 7) is 0.222. The first-order valence-electron chi connectivity index (χ1n) is 20.8. The van der Waals surface area contributed by atoms with Gasteiger partial charge >= 0.3 is 5.97 Å². The zero-order valence-corrected chi connectivity index (χ0v) is 40.9. The van der Waals surface area contributed by atoms with E-state index in [2.05, 4.69) is 51.4 Å². The number of esters is 1. The second kappa shape index (κ2) is 28.8. The average molecular weight is 1040 g/mol. The average Bonchev–Trinajstić information content (AvgIpc) is 4.16. The van der Waals surface area contributed by atoms with Gasteiger partial charge in [0.05, 0.1) is 32.5 Å². The van der Waals surface area contributed by atoms with Crippen LogP contribution in [-0.2, 0) is 83.9 Å². The molecule has 0 fully saturated rings. The fourth-order valence-corrected chi connectivity index (χ4v) is 11.1. The van der Waals surface area contributed by atoms with Gasteiger partial charge in [0.15, 0.2) is 0 Å². The molecule has 7 aromatic rings. The van der Waals surface area contributed by atoms with Crippen LogP contribution in [-0.4, -0.2) is 91.8 Å². The lowest BCUT2D eigenvalue weighted by molar-refractivity contribution is -0.145. The van der Waals surface area contributed by atoms with Gasteiger partial charge in [0, 0.05) is 25.7 Å². The minimum atomic E-state index is -0.199. The maximum Gasteiger partial charge on any atom is 0.310 e. The summed E-state index contributed by atoms with van der Waals surface area (Å²) in [5.41, 5.74) is 16.3. The lowest BCUT2D eigenvalue weighted by atomic mass is 10.0. The molecule has 8 N–H and O–H groups in total. The third kappa shape index (κ3) is 18.2. The van der Waals surface area contributed by atoms with E-state index in [-0.39, 0.29) is 51.3 Å². The number of nitrogens with two attached hydrogens (primary N) is 2. The smallest absolute Gasteiger partial charge is 0.310 e. The molecule has 1 aliphatic heterocycles. The van der Waals surface area contributed by atoms with Crippen LogP contribution in [0.3, 0.4) is 0 Å². The fraction of sp³-hybridized carbons (Fsp3) is 0.341. The molecule has 0 atom stereocenters. The number of hydrogen-bond acceptors (Lipinski definition) is 22. The van der Waals surface area contributed by atoms with E-state index in [1.807, 2.05) is 72.4 Å². The largest absolute Gasteiger partial charge is 0.461 e. The third-order valence-electron chi connectivity index (χ3n) is 9.35. The number of cyclic esters (lactones) is 1. The Morgan fingerprint density at radius 3 is 1.35 bits per heavy atom. The number of nitrogens with zero attached hydrogens (tertiary/aromatic N) is 8. The van der Waals surface area contributed by atoms with Crippen molar-refractivity contribution in [2.75, 3.05) is 45.1 Å². The molecule has 1 aliphatic rings. The maximum absolute atomic E-state index is 12.4. The molecule has 2 amide bonds. The molecule has 360 valence electrons. The highest BCUT2D eigenvalue weighted by molar-refractivity contribution is 7.99. The van der Waals surface area contributed by atoms with Gasteiger partial charge in [-0.15, -0.1) is 40.8 Å². The van der Waals surface area contributed by atoms with E-state index in [0.717, 1.165) is 102 Å². The van der Waals surface area contributed by atoms with Crippen LogP contribution >= 0.6 is 68.9 Å². The first kappa shape index (κ1) is 53.5. The second-order valence-corrected chi connectivity index (χ2v) is 21.0. The number of rotatable bonds is 20. The number of aliphatic hydroxyl groups is 2. The number of aliphatic hydroxyl groups excluding tert-OH is 2. The standard InChI is InChI=1S/C26H28N6O4S3.C9H8O2.C8H12N6S3.CH4/c33-15-19-7-3-1-5-17(19)13-21(35)27-25-31-29-23(38-25)9-11-37-12-10-24-30-32-26(39-24)28-22(36)14-18-6-2-4-8-20(18)16-34;10-9-5-7-3-1-2-4-8(7)6-11-9;9-7-13-11-5(16-7)1-3-15-4-2-6-12-14-8(10)17-6;/h1-8,33-34H,9-16H2,(H,27,31,35)(H,28,32,36);1-4H,5-6H2;1-4H2,(H2,9,13)(H2,10,14);1H4. The normalized spacial score (nSPS) is 11.5. The van der Waals surface area contributed by atoms with Crippen LogP contribution in [0.25, 0.3) is 0 Å². The minimum Gasteiger partial charge on any atom is -0.461 e. The Bertz CT molecular complexity index is 2510. The minimum absolute atomic E-state index is 0. The highest BCUT2D eigenvalue weighted by Crippen LogP contribution is 2.22. The second-order valence-electron chi connectivity index (χ2n) is 14.2. The molecule has 5 heterocycles. The molecule has 18 nitrogen and oxygen atoms in total. The Balaban J connectivity index is 0.000000241. The molecule has 0 aliphatic carbocycles. The summed E-state index contributed by atoms with van der Waals surface area (Å²) in [7, 11) is 0. The van der Waals surface area contributed by atoms with Crippen molar-refractivity contribution in [1.29, 1.82) is 0 Å². The third-order valence-corrected chi connectivity index (χ3v) is 14.7. The molecule has 0 unspecified atom stereocenters. The number of nitrogen functional groups attached to an aromatic ring is 2. The highest BCUT2D eigenvalue weighted by atomic mass is 32.2. The van der Waals surface area contributed by atoms with Crippen molar-refractivity contribution >= 4 is 107 Å². The summed E-state index contributed by atoms with van der Waals surface area (Å²) in [5.74, 6) is 3.21. The Morgan fingerprint density at radius 1 is 0.559 bits per heavy atom. The Kier molecular flexibility index (Phi) is 22.6. The molecular formula is C44H52N12O6S6. The molecule has 0 saturated carbocycles. The fourth-order valence-electron chi connectivity index (χ4n) is 6.06. The number of carbonyl (C=O) groups excluding carboxylic acids is 3. The number of hydrogen-bond donors (Lipinski definition) is 6. The van der Waals surface area contributed by atoms with Crippen LogP contribution in [0.15, 0.2) is 72.8 Å². The van der Waals surface area contributed by atoms with Crippen LogP contribution in [0.4, 0.5) is 20.5 Å². The van der Waals surface area contributed by atoms with Gasteiger partial charge in [-0.1, -0.05) is 126 Å². The van der Waals surface area contributed by atoms with Gasteiger partial charge in [-0.05, 0) is 56.4 Å². The number of aromatic nitrogens is 8. The van der Waals surface area contributed by atoms with Crippen LogP contribution in [0.1, 0.15) is 60.8 Å². The van der Waals surface area contributed by atoms with Gasteiger partial charge in [0.25, 0.3) is 0 Å². The molecule has 68 heavy (non-hydrogen) atoms. The number of anilines is 4. The van der Waals surface area contributed by atoms with E-state index < -0.39 is 0 Å². The summed E-state index contributed by atoms with van der Waals surface area (Å²) in [4.78, 5) is 35.5. The van der Waals surface area contributed by atoms with Crippen molar-refractivity contribution in [1.82, 2.24) is 40.8 Å². The molecule has 24 heteroatoms. The van der Waals surface area contributed by atoms with Crippen LogP contribution in [0.5, 0.6) is 0 Å². The molecular weight excluding hydrogens is 985 g/mol. The van der Waals surface area contributed by atoms with Crippen molar-refractivity contribution in [3.05, 3.63) is 126 Å². The SMILES string of the molecule is C.Nc1nnc(CCSCCc2nnc(N)s2)s1.O=C(Cc1ccccc1CO)Nc1nnc(CCSCCc2nnc(NC(=O)Cc3ccccc3CO)s2)s1.O=C1Cc2ccccc2CO1. The van der Waals surface area contributed by atoms with Gasteiger partial charge in [-0.25, -0.2) is 0 Å². The lowest BCUT2D eigenvalue weighted by Gasteiger charge is -2.14. The van der Waals surface area contributed by atoms with E-state index in [9.17, 15) is 24.6 Å². The van der Waals surface area contributed by atoms with Crippen molar-refractivity contribution in [3.8, 4) is 0 Å². The van der Waals surface area contributed by atoms with Gasteiger partial charge < -0.3 is 37.1 Å². The zero-order chi connectivity index (χ0) is 47.2. The van der Waals surface area contributed by atoms with E-state index in [4.69, 9.17) is 16.2 Å². The zero-order valence-electron chi connectivity index (χ0n) is 36.0. The number of fused-ring (bicyclic) bond motifs is 1. The van der Waals surface area contributed by atoms with Gasteiger partial charge in [0.1, 0.15) is 26.6 Å². The van der Waals surface area contributed by atoms with Crippen LogP contribution < -0.4 is 22.1 Å². The van der Waals surface area contributed by atoms with Gasteiger partial charge in [-0.3, -0.25) is 14.4 Å². The Hall–Kier alpha value is -5.47. The van der Waals surface area contributed by atoms with Crippen molar-refractivity contribution in [2.24, 2.45) is 0 Å². The number of amides is 2. The summed E-state index contributed by atoms with van der Waals surface area (Å²) in [6, 6.07) is 22.4. The van der Waals surface area contributed by atoms with Gasteiger partial charge in [-0.2, -0.15) is 23.5 Å². The number of thioether (sulfide) groups is 2. The Morgan fingerprint density at radius 2 is 0.941 bits per heavy atom. The predicted octanol–water partition coefficient (Wildman–Crippen LogP) is 6.25. The Labute approximate surface area is 418 Å². The quantitative estimate of drug-likeness (QED) is 0.0363. The number of aryl methyl sites for hydroxylation is 4. The number of carbonyl (C=O) groups is 3. The number of nitrogens with one attached hydrogen (secondary N) is 2. The van der Waals surface area contributed by atoms with E-state index in [1.165, 1.54) is 45.3 Å². The molecule has 0 saturated heterocycles. The molecule has 3 aromatic carbocycles. The molecule has 4 aromatic heterocycles. The van der Waals surface area contributed by atoms with Crippen LogP contribution in [0.2, 0.25) is 0 Å². The first-order chi connectivity index (χ1) is 32.6. The first-order valence-corrected chi connectivity index (χ1v) is 26.3. The van der Waals surface area contributed by atoms with Crippen molar-refractivity contribution in [2.45, 2.75) is 72.2 Å². The topological polar surface area (TPSA) is 280 Å². The van der Waals surface area contributed by atoms with E-state index >= 15 is 0 Å². The highest BCUT2D eigenvalue weighted by Gasteiger charge is 2.16. The van der Waals surface area contributed by atoms with E-state index in [0.29, 0.717) is 33.6 Å². The lowest BCUT2D eigenvalue weighted by Crippen LogP contribution is -2.15.